The highest BCUT2D eigenvalue weighted by Crippen LogP contribution is 2.33. The van der Waals surface area contributed by atoms with Crippen molar-refractivity contribution in [2.75, 3.05) is 5.32 Å². The van der Waals surface area contributed by atoms with Gasteiger partial charge in [-0.25, -0.2) is 0 Å². The summed E-state index contributed by atoms with van der Waals surface area (Å²) < 4.78 is 11.2. The molecule has 0 aliphatic rings. The Balaban J connectivity index is 1.81. The van der Waals surface area contributed by atoms with E-state index in [-0.39, 0.29) is 33.9 Å². The second-order valence-corrected chi connectivity index (χ2v) is 7.35. The zero-order valence-electron chi connectivity index (χ0n) is 17.2. The highest BCUT2D eigenvalue weighted by Gasteiger charge is 2.16. The number of furan rings is 1. The fourth-order valence-corrected chi connectivity index (χ4v) is 3.01. The fourth-order valence-electron chi connectivity index (χ4n) is 2.80. The van der Waals surface area contributed by atoms with Gasteiger partial charge in [0.1, 0.15) is 28.9 Å². The van der Waals surface area contributed by atoms with Crippen molar-refractivity contribution in [1.82, 2.24) is 0 Å². The summed E-state index contributed by atoms with van der Waals surface area (Å²) in [6.07, 6.45) is 1.25. The Labute approximate surface area is 188 Å². The van der Waals surface area contributed by atoms with Crippen LogP contribution in [0.2, 0.25) is 5.02 Å². The van der Waals surface area contributed by atoms with Gasteiger partial charge in [-0.2, -0.15) is 5.26 Å². The number of carbonyl (C=O) groups is 1. The third-order valence-electron chi connectivity index (χ3n) is 4.17. The summed E-state index contributed by atoms with van der Waals surface area (Å²) in [7, 11) is 0. The maximum Gasteiger partial charge on any atom is 0.270 e. The number of nitro benzene ring substituents is 1. The standard InChI is InChI=1S/C23H18ClN3O5/c1-14(2)31-18-5-3-4-16(11-18)26-23(28)15(13-25)10-19-7-9-22(32-19)20-12-17(27(29)30)6-8-21(20)24/h3-12,14H,1-2H3,(H,26,28)/b15-10-. The molecule has 1 N–H and O–H groups in total. The number of nitriles is 1. The van der Waals surface area contributed by atoms with Gasteiger partial charge in [-0.1, -0.05) is 17.7 Å². The molecule has 0 aliphatic heterocycles. The molecule has 162 valence electrons. The molecule has 8 nitrogen and oxygen atoms in total. The quantitative estimate of drug-likeness (QED) is 0.208. The summed E-state index contributed by atoms with van der Waals surface area (Å²) in [5, 5.41) is 23.4. The minimum Gasteiger partial charge on any atom is -0.491 e. The lowest BCUT2D eigenvalue weighted by molar-refractivity contribution is -0.384. The Bertz CT molecular complexity index is 1240. The minimum absolute atomic E-state index is 0.0248. The van der Waals surface area contributed by atoms with Gasteiger partial charge in [0.25, 0.3) is 11.6 Å². The Morgan fingerprint density at radius 2 is 2.03 bits per heavy atom. The molecule has 3 rings (SSSR count). The van der Waals surface area contributed by atoms with Crippen LogP contribution in [0.15, 0.2) is 64.6 Å². The Morgan fingerprint density at radius 3 is 2.72 bits per heavy atom. The van der Waals surface area contributed by atoms with E-state index in [1.807, 2.05) is 19.9 Å². The predicted octanol–water partition coefficient (Wildman–Crippen LogP) is 5.84. The van der Waals surface area contributed by atoms with E-state index in [2.05, 4.69) is 5.32 Å². The van der Waals surface area contributed by atoms with E-state index in [9.17, 15) is 20.2 Å². The van der Waals surface area contributed by atoms with Gasteiger partial charge in [0.15, 0.2) is 0 Å². The monoisotopic (exact) mass is 451 g/mol. The van der Waals surface area contributed by atoms with Crippen molar-refractivity contribution < 1.29 is 18.9 Å². The molecular weight excluding hydrogens is 434 g/mol. The van der Waals surface area contributed by atoms with Crippen LogP contribution in [-0.4, -0.2) is 16.9 Å². The lowest BCUT2D eigenvalue weighted by Gasteiger charge is -2.11. The van der Waals surface area contributed by atoms with Crippen molar-refractivity contribution in [1.29, 1.82) is 5.26 Å². The second-order valence-electron chi connectivity index (χ2n) is 6.94. The van der Waals surface area contributed by atoms with E-state index in [0.29, 0.717) is 17.0 Å². The smallest absolute Gasteiger partial charge is 0.270 e. The van der Waals surface area contributed by atoms with Gasteiger partial charge in [0.05, 0.1) is 16.0 Å². The van der Waals surface area contributed by atoms with Crippen molar-refractivity contribution in [2.45, 2.75) is 20.0 Å². The number of ether oxygens (including phenoxy) is 1. The Kier molecular flexibility index (Phi) is 6.93. The second kappa shape index (κ2) is 9.81. The molecule has 3 aromatic rings. The molecule has 32 heavy (non-hydrogen) atoms. The number of nitro groups is 1. The van der Waals surface area contributed by atoms with Crippen molar-refractivity contribution >= 4 is 35.0 Å². The van der Waals surface area contributed by atoms with Crippen LogP contribution in [0.25, 0.3) is 17.4 Å². The van der Waals surface area contributed by atoms with Crippen molar-refractivity contribution in [3.63, 3.8) is 0 Å². The number of hydrogen-bond donors (Lipinski definition) is 1. The van der Waals surface area contributed by atoms with Gasteiger partial charge in [-0.15, -0.1) is 0 Å². The molecule has 0 spiro atoms. The van der Waals surface area contributed by atoms with Crippen LogP contribution >= 0.6 is 11.6 Å². The number of anilines is 1. The number of nitrogens with one attached hydrogen (secondary N) is 1. The van der Waals surface area contributed by atoms with Crippen LogP contribution < -0.4 is 10.1 Å². The minimum atomic E-state index is -0.625. The van der Waals surface area contributed by atoms with Gasteiger partial charge < -0.3 is 14.5 Å². The van der Waals surface area contributed by atoms with E-state index < -0.39 is 10.8 Å². The van der Waals surface area contributed by atoms with Crippen molar-refractivity contribution in [3.05, 3.63) is 81.1 Å². The number of non-ortho nitro benzene ring substituents is 1. The summed E-state index contributed by atoms with van der Waals surface area (Å²) in [5.74, 6) is 0.442. The number of nitrogens with zero attached hydrogens (tertiary/aromatic N) is 2. The average Bonchev–Trinajstić information content (AvgIpc) is 3.20. The maximum atomic E-state index is 12.6. The maximum absolute atomic E-state index is 12.6. The molecule has 0 fully saturated rings. The number of benzene rings is 2. The highest BCUT2D eigenvalue weighted by atomic mass is 35.5. The first-order valence-corrected chi connectivity index (χ1v) is 9.88. The van der Waals surface area contributed by atoms with E-state index in [1.54, 1.807) is 30.3 Å². The summed E-state index contributed by atoms with van der Waals surface area (Å²) in [5.41, 5.74) is 0.466. The van der Waals surface area contributed by atoms with Gasteiger partial charge in [-0.3, -0.25) is 14.9 Å². The molecule has 1 aromatic heterocycles. The first kappa shape index (κ1) is 22.6. The van der Waals surface area contributed by atoms with Crippen molar-refractivity contribution in [2.24, 2.45) is 0 Å². The molecule has 9 heteroatoms. The molecule has 0 bridgehead atoms. The van der Waals surface area contributed by atoms with Crippen LogP contribution in [0.1, 0.15) is 19.6 Å². The van der Waals surface area contributed by atoms with Crippen LogP contribution in [0, 0.1) is 21.4 Å². The number of amides is 1. The molecule has 1 amide bonds. The predicted molar refractivity (Wildman–Crippen MR) is 120 cm³/mol. The Morgan fingerprint density at radius 1 is 1.25 bits per heavy atom. The van der Waals surface area contributed by atoms with Gasteiger partial charge in [-0.05, 0) is 44.2 Å². The first-order valence-electron chi connectivity index (χ1n) is 9.51. The highest BCUT2D eigenvalue weighted by molar-refractivity contribution is 6.33. The van der Waals surface area contributed by atoms with E-state index in [0.717, 1.165) is 0 Å². The van der Waals surface area contributed by atoms with Crippen LogP contribution in [0.3, 0.4) is 0 Å². The van der Waals surface area contributed by atoms with E-state index in [1.165, 1.54) is 30.3 Å². The average molecular weight is 452 g/mol. The largest absolute Gasteiger partial charge is 0.491 e. The molecule has 0 unspecified atom stereocenters. The molecular formula is C23H18ClN3O5. The molecule has 0 aliphatic carbocycles. The summed E-state index contributed by atoms with van der Waals surface area (Å²) in [6, 6.07) is 15.7. The summed E-state index contributed by atoms with van der Waals surface area (Å²) >= 11 is 6.14. The topological polar surface area (TPSA) is 118 Å². The normalized spacial score (nSPS) is 11.2. The molecule has 0 saturated heterocycles. The SMILES string of the molecule is CC(C)Oc1cccc(NC(=O)/C(C#N)=C\c2ccc(-c3cc([N+](=O)[O-])ccc3Cl)o2)c1. The summed E-state index contributed by atoms with van der Waals surface area (Å²) in [6.45, 7) is 3.78. The third-order valence-corrected chi connectivity index (χ3v) is 4.50. The molecule has 0 radical (unpaired) electrons. The zero-order valence-corrected chi connectivity index (χ0v) is 17.9. The van der Waals surface area contributed by atoms with Gasteiger partial charge in [0, 0.05) is 35.5 Å². The lowest BCUT2D eigenvalue weighted by atomic mass is 10.1. The lowest BCUT2D eigenvalue weighted by Crippen LogP contribution is -2.13. The van der Waals surface area contributed by atoms with Gasteiger partial charge in [0.2, 0.25) is 0 Å². The number of carbonyl (C=O) groups excluding carboxylic acids is 1. The number of rotatable bonds is 7. The van der Waals surface area contributed by atoms with Gasteiger partial charge >= 0.3 is 0 Å². The van der Waals surface area contributed by atoms with E-state index >= 15 is 0 Å². The van der Waals surface area contributed by atoms with E-state index in [4.69, 9.17) is 20.8 Å². The summed E-state index contributed by atoms with van der Waals surface area (Å²) in [4.78, 5) is 23.0. The fraction of sp³-hybridized carbons (Fsp3) is 0.130. The zero-order chi connectivity index (χ0) is 23.3. The molecule has 0 saturated carbocycles. The van der Waals surface area contributed by atoms with Crippen LogP contribution in [-0.2, 0) is 4.79 Å². The van der Waals surface area contributed by atoms with Crippen LogP contribution in [0.4, 0.5) is 11.4 Å². The molecule has 2 aromatic carbocycles. The van der Waals surface area contributed by atoms with Crippen molar-refractivity contribution in [3.8, 4) is 23.1 Å². The number of halogens is 1. The first-order chi connectivity index (χ1) is 15.3. The molecule has 0 atom stereocenters. The third kappa shape index (κ3) is 5.53. The van der Waals surface area contributed by atoms with Crippen LogP contribution in [0.5, 0.6) is 5.75 Å². The Hall–Kier alpha value is -4.09. The number of hydrogen-bond acceptors (Lipinski definition) is 6. The molecule has 1 heterocycles.